The Bertz CT molecular complexity index is 623. The Balaban J connectivity index is 1.91. The molecule has 1 aliphatic heterocycles. The van der Waals surface area contributed by atoms with Crippen molar-refractivity contribution in [2.45, 2.75) is 25.8 Å². The number of carbonyl (C=O) groups is 1. The van der Waals surface area contributed by atoms with Gasteiger partial charge in [0.25, 0.3) is 5.91 Å². The highest BCUT2D eigenvalue weighted by atomic mass is 16.2. The van der Waals surface area contributed by atoms with Crippen molar-refractivity contribution < 1.29 is 4.79 Å². The van der Waals surface area contributed by atoms with Crippen LogP contribution in [0.4, 0.5) is 0 Å². The van der Waals surface area contributed by atoms with Gasteiger partial charge in [-0.2, -0.15) is 5.10 Å². The zero-order valence-corrected chi connectivity index (χ0v) is 11.6. The smallest absolute Gasteiger partial charge is 0.257 e. The van der Waals surface area contributed by atoms with Crippen molar-refractivity contribution in [3.05, 3.63) is 30.4 Å². The van der Waals surface area contributed by atoms with E-state index in [1.54, 1.807) is 29.3 Å². The van der Waals surface area contributed by atoms with Crippen molar-refractivity contribution >= 4 is 11.4 Å². The zero-order valence-electron chi connectivity index (χ0n) is 11.6. The molecule has 3 rings (SSSR count). The third-order valence-corrected chi connectivity index (χ3v) is 4.13. The zero-order chi connectivity index (χ0) is 14.1. The monoisotopic (exact) mass is 273 g/mol. The predicted molar refractivity (Wildman–Crippen MR) is 75.3 cm³/mol. The van der Waals surface area contributed by atoms with E-state index >= 15 is 0 Å². The lowest BCUT2D eigenvalue weighted by molar-refractivity contribution is 0.0569. The van der Waals surface area contributed by atoms with Crippen molar-refractivity contribution in [1.29, 1.82) is 0 Å². The summed E-state index contributed by atoms with van der Waals surface area (Å²) < 4.78 is 1.68. The van der Waals surface area contributed by atoms with E-state index in [0.29, 0.717) is 18.0 Å². The second kappa shape index (κ2) is 5.20. The normalized spacial score (nSPS) is 23.2. The Morgan fingerprint density at radius 3 is 3.10 bits per heavy atom. The number of fused-ring (bicyclic) bond motifs is 1. The van der Waals surface area contributed by atoms with Crippen LogP contribution in [-0.2, 0) is 0 Å². The first kappa shape index (κ1) is 13.1. The highest BCUT2D eigenvalue weighted by molar-refractivity contribution is 6.00. The number of carbonyl (C=O) groups excluding carboxylic acids is 1. The number of nitrogens with zero attached hydrogens (tertiary/aromatic N) is 4. The van der Waals surface area contributed by atoms with Crippen LogP contribution >= 0.6 is 0 Å². The van der Waals surface area contributed by atoms with E-state index in [1.807, 2.05) is 4.90 Å². The lowest BCUT2D eigenvalue weighted by atomic mass is 9.93. The number of hydrogen-bond donors (Lipinski definition) is 1. The fourth-order valence-corrected chi connectivity index (χ4v) is 2.81. The van der Waals surface area contributed by atoms with Gasteiger partial charge in [0.15, 0.2) is 0 Å². The van der Waals surface area contributed by atoms with Crippen molar-refractivity contribution in [2.75, 3.05) is 13.1 Å². The van der Waals surface area contributed by atoms with E-state index in [9.17, 15) is 4.79 Å². The molecule has 0 aromatic carbocycles. The number of likely N-dealkylation sites (tertiary alicyclic amines) is 1. The van der Waals surface area contributed by atoms with Crippen molar-refractivity contribution in [3.8, 4) is 0 Å². The fraction of sp³-hybridized carbons (Fsp3) is 0.500. The molecular weight excluding hydrogens is 254 g/mol. The van der Waals surface area contributed by atoms with Gasteiger partial charge in [-0.15, -0.1) is 0 Å². The molecule has 20 heavy (non-hydrogen) atoms. The van der Waals surface area contributed by atoms with Crippen molar-refractivity contribution in [2.24, 2.45) is 11.7 Å². The Kier molecular flexibility index (Phi) is 3.40. The first-order valence-electron chi connectivity index (χ1n) is 6.99. The molecular formula is C14H19N5O. The van der Waals surface area contributed by atoms with E-state index in [-0.39, 0.29) is 11.9 Å². The molecule has 2 aromatic heterocycles. The first-order valence-corrected chi connectivity index (χ1v) is 6.99. The van der Waals surface area contributed by atoms with E-state index in [4.69, 9.17) is 5.73 Å². The van der Waals surface area contributed by atoms with Gasteiger partial charge in [0.1, 0.15) is 0 Å². The average Bonchev–Trinajstić information content (AvgIpc) is 2.91. The Morgan fingerprint density at radius 1 is 1.45 bits per heavy atom. The number of amides is 1. The van der Waals surface area contributed by atoms with E-state index in [2.05, 4.69) is 17.0 Å². The molecule has 0 aliphatic carbocycles. The molecule has 0 saturated carbocycles. The predicted octanol–water partition coefficient (Wildman–Crippen LogP) is 0.929. The second-order valence-corrected chi connectivity index (χ2v) is 5.45. The van der Waals surface area contributed by atoms with Crippen LogP contribution in [0.15, 0.2) is 24.8 Å². The quantitative estimate of drug-likeness (QED) is 0.883. The van der Waals surface area contributed by atoms with Crippen LogP contribution in [0.5, 0.6) is 0 Å². The van der Waals surface area contributed by atoms with Gasteiger partial charge in [-0.05, 0) is 32.2 Å². The van der Waals surface area contributed by atoms with Crippen molar-refractivity contribution in [3.63, 3.8) is 0 Å². The van der Waals surface area contributed by atoms with E-state index < -0.39 is 0 Å². The summed E-state index contributed by atoms with van der Waals surface area (Å²) in [7, 11) is 0. The maximum absolute atomic E-state index is 12.8. The number of rotatable bonds is 2. The van der Waals surface area contributed by atoms with Gasteiger partial charge in [-0.3, -0.25) is 9.78 Å². The summed E-state index contributed by atoms with van der Waals surface area (Å²) in [6.45, 7) is 3.45. The molecule has 0 radical (unpaired) electrons. The highest BCUT2D eigenvalue weighted by Gasteiger charge is 2.30. The van der Waals surface area contributed by atoms with Gasteiger partial charge >= 0.3 is 0 Å². The van der Waals surface area contributed by atoms with E-state index in [0.717, 1.165) is 24.9 Å². The number of hydrogen-bond acceptors (Lipinski definition) is 4. The summed E-state index contributed by atoms with van der Waals surface area (Å²) in [6.07, 6.45) is 8.80. The average molecular weight is 273 g/mol. The number of aromatic nitrogens is 3. The maximum Gasteiger partial charge on any atom is 0.257 e. The van der Waals surface area contributed by atoms with Gasteiger partial charge in [-0.25, -0.2) is 4.52 Å². The van der Waals surface area contributed by atoms with Crippen LogP contribution < -0.4 is 5.73 Å². The molecule has 1 aliphatic rings. The van der Waals surface area contributed by atoms with Crippen LogP contribution in [0.1, 0.15) is 30.1 Å². The van der Waals surface area contributed by atoms with Crippen LogP contribution in [0.3, 0.4) is 0 Å². The molecule has 106 valence electrons. The Hall–Kier alpha value is -1.95. The van der Waals surface area contributed by atoms with Crippen LogP contribution in [-0.4, -0.2) is 44.5 Å². The standard InChI is InChI=1S/C14H19N5O/c1-10-2-3-11(6-15)9-18(10)14(20)12-7-17-19-5-4-16-8-13(12)19/h4-5,7-8,10-11H,2-3,6,9,15H2,1H3. The van der Waals surface area contributed by atoms with Crippen molar-refractivity contribution in [1.82, 2.24) is 19.5 Å². The first-order chi connectivity index (χ1) is 9.70. The molecule has 2 N–H and O–H groups in total. The molecule has 0 spiro atoms. The molecule has 1 amide bonds. The minimum absolute atomic E-state index is 0.0265. The largest absolute Gasteiger partial charge is 0.335 e. The molecule has 1 fully saturated rings. The highest BCUT2D eigenvalue weighted by Crippen LogP contribution is 2.24. The molecule has 6 nitrogen and oxygen atoms in total. The van der Waals surface area contributed by atoms with Gasteiger partial charge in [-0.1, -0.05) is 0 Å². The van der Waals surface area contributed by atoms with Gasteiger partial charge in [0.05, 0.1) is 23.5 Å². The molecule has 3 heterocycles. The Labute approximate surface area is 117 Å². The van der Waals surface area contributed by atoms with Gasteiger partial charge in [0, 0.05) is 25.0 Å². The fourth-order valence-electron chi connectivity index (χ4n) is 2.81. The van der Waals surface area contributed by atoms with Gasteiger partial charge in [0.2, 0.25) is 0 Å². The lowest BCUT2D eigenvalue weighted by Gasteiger charge is -2.37. The summed E-state index contributed by atoms with van der Waals surface area (Å²) in [6, 6.07) is 0.247. The molecule has 2 atom stereocenters. The molecule has 1 saturated heterocycles. The summed E-state index contributed by atoms with van der Waals surface area (Å²) in [4.78, 5) is 18.7. The topological polar surface area (TPSA) is 76.5 Å². The lowest BCUT2D eigenvalue weighted by Crippen LogP contribution is -2.47. The molecule has 2 unspecified atom stereocenters. The molecule has 6 heteroatoms. The van der Waals surface area contributed by atoms with Crippen LogP contribution in [0.2, 0.25) is 0 Å². The van der Waals surface area contributed by atoms with Crippen LogP contribution in [0.25, 0.3) is 5.52 Å². The summed E-state index contributed by atoms with van der Waals surface area (Å²) >= 11 is 0. The second-order valence-electron chi connectivity index (χ2n) is 5.45. The summed E-state index contributed by atoms with van der Waals surface area (Å²) in [5, 5.41) is 4.20. The third kappa shape index (κ3) is 2.16. The minimum Gasteiger partial charge on any atom is -0.335 e. The molecule has 0 bridgehead atoms. The molecule has 2 aromatic rings. The van der Waals surface area contributed by atoms with Crippen LogP contribution in [0, 0.1) is 5.92 Å². The summed E-state index contributed by atoms with van der Waals surface area (Å²) in [5.74, 6) is 0.425. The maximum atomic E-state index is 12.8. The number of nitrogens with two attached hydrogens (primary N) is 1. The SMILES string of the molecule is CC1CCC(CN)CN1C(=O)c1cnn2ccncc12. The number of piperidine rings is 1. The van der Waals surface area contributed by atoms with Gasteiger partial charge < -0.3 is 10.6 Å². The Morgan fingerprint density at radius 2 is 2.30 bits per heavy atom. The summed E-state index contributed by atoms with van der Waals surface area (Å²) in [5.41, 5.74) is 7.12. The third-order valence-electron chi connectivity index (χ3n) is 4.13. The van der Waals surface area contributed by atoms with E-state index in [1.165, 1.54) is 0 Å². The minimum atomic E-state index is 0.0265.